The predicted octanol–water partition coefficient (Wildman–Crippen LogP) is -1.53. The highest BCUT2D eigenvalue weighted by Gasteiger charge is 1.98. The van der Waals surface area contributed by atoms with E-state index in [9.17, 15) is 0 Å². The summed E-state index contributed by atoms with van der Waals surface area (Å²) in [6.07, 6.45) is 5.06. The third-order valence-electron chi connectivity index (χ3n) is 2.36. The van der Waals surface area contributed by atoms with Gasteiger partial charge in [0.05, 0.1) is 0 Å². The Kier molecular flexibility index (Phi) is 10.1. The van der Waals surface area contributed by atoms with Gasteiger partial charge in [0.25, 0.3) is 0 Å². The molecule has 6 N–H and O–H groups in total. The molecule has 0 amide bonds. The second-order valence-corrected chi connectivity index (χ2v) is 4.04. The molecule has 0 heterocycles. The lowest BCUT2D eigenvalue weighted by Gasteiger charge is -2.15. The average Bonchev–Trinajstić information content (AvgIpc) is 2.40. The predicted molar refractivity (Wildman–Crippen MR) is 77.2 cm³/mol. The third kappa shape index (κ3) is 10.6. The standard InChI is InChI=1S/C11H21N9/c1-20(6-2-4-16-10(14)18-8-12)7-3-5-17-11(15)19-9-13/h2-7H2,1H3,(H3,14,16,18)(H3,15,17,19). The molecule has 0 aromatic heterocycles. The molecule has 20 heavy (non-hydrogen) atoms. The van der Waals surface area contributed by atoms with Gasteiger partial charge in [0.2, 0.25) is 18.1 Å². The molecule has 0 bridgehead atoms. The molecule has 0 aliphatic carbocycles. The highest BCUT2D eigenvalue weighted by Crippen LogP contribution is 1.90. The zero-order valence-corrected chi connectivity index (χ0v) is 11.6. The SMILES string of the molecule is CN(CCCN=C(N)NC#N)CCCNC(N)=NC#N. The van der Waals surface area contributed by atoms with Crippen molar-refractivity contribution in [1.29, 1.82) is 10.5 Å². The van der Waals surface area contributed by atoms with E-state index in [1.807, 2.05) is 7.05 Å². The quantitative estimate of drug-likeness (QED) is 0.138. The van der Waals surface area contributed by atoms with E-state index in [4.69, 9.17) is 22.0 Å². The fourth-order valence-corrected chi connectivity index (χ4v) is 1.41. The van der Waals surface area contributed by atoms with Gasteiger partial charge in [0, 0.05) is 13.1 Å². The summed E-state index contributed by atoms with van der Waals surface area (Å²) in [5.74, 6) is 0.288. The lowest BCUT2D eigenvalue weighted by molar-refractivity contribution is 0.327. The van der Waals surface area contributed by atoms with Crippen molar-refractivity contribution in [1.82, 2.24) is 15.5 Å². The van der Waals surface area contributed by atoms with Crippen molar-refractivity contribution >= 4 is 11.9 Å². The molecule has 110 valence electrons. The number of hydrogen-bond donors (Lipinski definition) is 4. The summed E-state index contributed by atoms with van der Waals surface area (Å²) in [4.78, 5) is 9.49. The highest BCUT2D eigenvalue weighted by atomic mass is 15.1. The van der Waals surface area contributed by atoms with Gasteiger partial charge >= 0.3 is 0 Å². The molecule has 0 spiro atoms. The van der Waals surface area contributed by atoms with E-state index in [-0.39, 0.29) is 11.9 Å². The largest absolute Gasteiger partial charge is 0.369 e. The smallest absolute Gasteiger partial charge is 0.209 e. The molecular formula is C11H21N9. The molecular weight excluding hydrogens is 258 g/mol. The Morgan fingerprint density at radius 1 is 1.20 bits per heavy atom. The Morgan fingerprint density at radius 3 is 2.55 bits per heavy atom. The maximum absolute atomic E-state index is 8.30. The molecule has 0 saturated heterocycles. The van der Waals surface area contributed by atoms with Crippen LogP contribution in [0.1, 0.15) is 12.8 Å². The molecule has 0 radical (unpaired) electrons. The van der Waals surface area contributed by atoms with Crippen LogP contribution in [0.2, 0.25) is 0 Å². The zero-order valence-electron chi connectivity index (χ0n) is 11.6. The summed E-state index contributed by atoms with van der Waals surface area (Å²) < 4.78 is 0. The van der Waals surface area contributed by atoms with Crippen molar-refractivity contribution < 1.29 is 0 Å². The van der Waals surface area contributed by atoms with E-state index >= 15 is 0 Å². The molecule has 0 unspecified atom stereocenters. The minimum atomic E-state index is 0.143. The molecule has 0 saturated carbocycles. The summed E-state index contributed by atoms with van der Waals surface area (Å²) >= 11 is 0. The van der Waals surface area contributed by atoms with Crippen LogP contribution in [0.5, 0.6) is 0 Å². The van der Waals surface area contributed by atoms with Crippen LogP contribution in [0.15, 0.2) is 9.98 Å². The Labute approximate surface area is 119 Å². The fourth-order valence-electron chi connectivity index (χ4n) is 1.41. The highest BCUT2D eigenvalue weighted by molar-refractivity contribution is 5.79. The summed E-state index contributed by atoms with van der Waals surface area (Å²) in [5.41, 5.74) is 10.8. The Hall–Kier alpha value is -2.52. The number of nitrogens with one attached hydrogen (secondary N) is 2. The van der Waals surface area contributed by atoms with E-state index in [0.717, 1.165) is 25.9 Å². The van der Waals surface area contributed by atoms with E-state index in [1.54, 1.807) is 12.4 Å². The van der Waals surface area contributed by atoms with Gasteiger partial charge in [0.15, 0.2) is 6.19 Å². The summed E-state index contributed by atoms with van der Waals surface area (Å²) in [7, 11) is 2.01. The summed E-state index contributed by atoms with van der Waals surface area (Å²) in [6.45, 7) is 3.01. The van der Waals surface area contributed by atoms with Gasteiger partial charge < -0.3 is 21.7 Å². The first-order chi connectivity index (χ1) is 9.60. The molecule has 0 aromatic rings. The topological polar surface area (TPSA) is 152 Å². The molecule has 0 atom stereocenters. The number of nitrogens with zero attached hydrogens (tertiary/aromatic N) is 5. The molecule has 0 aromatic carbocycles. The molecule has 9 nitrogen and oxygen atoms in total. The summed E-state index contributed by atoms with van der Waals surface area (Å²) in [5, 5.41) is 21.7. The zero-order chi connectivity index (χ0) is 15.2. The maximum Gasteiger partial charge on any atom is 0.209 e. The van der Waals surface area contributed by atoms with Crippen LogP contribution in [-0.2, 0) is 0 Å². The van der Waals surface area contributed by atoms with Crippen LogP contribution in [0.25, 0.3) is 0 Å². The number of rotatable bonds is 8. The third-order valence-corrected chi connectivity index (χ3v) is 2.36. The van der Waals surface area contributed by atoms with Crippen LogP contribution < -0.4 is 22.1 Å². The molecule has 0 aliphatic heterocycles. The van der Waals surface area contributed by atoms with Crippen molar-refractivity contribution in [2.24, 2.45) is 21.5 Å². The van der Waals surface area contributed by atoms with Crippen LogP contribution >= 0.6 is 0 Å². The van der Waals surface area contributed by atoms with Gasteiger partial charge in [-0.15, -0.1) is 4.99 Å². The maximum atomic E-state index is 8.30. The molecule has 0 aliphatic rings. The van der Waals surface area contributed by atoms with Crippen molar-refractivity contribution in [2.45, 2.75) is 12.8 Å². The van der Waals surface area contributed by atoms with Gasteiger partial charge in [-0.05, 0) is 33.0 Å². The number of nitriles is 2. The monoisotopic (exact) mass is 279 g/mol. The van der Waals surface area contributed by atoms with Gasteiger partial charge in [-0.2, -0.15) is 10.5 Å². The van der Waals surface area contributed by atoms with Crippen LogP contribution in [0.4, 0.5) is 0 Å². The van der Waals surface area contributed by atoms with E-state index in [1.165, 1.54) is 0 Å². The normalized spacial score (nSPS) is 11.8. The van der Waals surface area contributed by atoms with Gasteiger partial charge in [-0.3, -0.25) is 10.3 Å². The van der Waals surface area contributed by atoms with Crippen LogP contribution in [-0.4, -0.2) is 50.0 Å². The first-order valence-electron chi connectivity index (χ1n) is 6.19. The number of guanidine groups is 2. The number of hydrogen-bond acceptors (Lipinski definition) is 5. The molecule has 0 fully saturated rings. The van der Waals surface area contributed by atoms with Gasteiger partial charge in [0.1, 0.15) is 0 Å². The van der Waals surface area contributed by atoms with Crippen LogP contribution in [0, 0.1) is 22.9 Å². The number of aliphatic imine (C=N–C) groups is 2. The van der Waals surface area contributed by atoms with Crippen molar-refractivity contribution in [3.05, 3.63) is 0 Å². The van der Waals surface area contributed by atoms with Crippen molar-refractivity contribution in [2.75, 3.05) is 33.2 Å². The van der Waals surface area contributed by atoms with Crippen molar-refractivity contribution in [3.8, 4) is 12.4 Å². The lowest BCUT2D eigenvalue weighted by atomic mass is 10.3. The second-order valence-electron chi connectivity index (χ2n) is 4.04. The van der Waals surface area contributed by atoms with E-state index in [0.29, 0.717) is 13.1 Å². The van der Waals surface area contributed by atoms with Gasteiger partial charge in [-0.25, -0.2) is 0 Å². The van der Waals surface area contributed by atoms with E-state index in [2.05, 4.69) is 25.5 Å². The molecule has 0 rings (SSSR count). The second kappa shape index (κ2) is 11.6. The fraction of sp³-hybridized carbons (Fsp3) is 0.636. The van der Waals surface area contributed by atoms with Gasteiger partial charge in [-0.1, -0.05) is 0 Å². The Morgan fingerprint density at radius 2 is 1.90 bits per heavy atom. The Balaban J connectivity index is 3.58. The average molecular weight is 279 g/mol. The summed E-state index contributed by atoms with van der Waals surface area (Å²) in [6, 6.07) is 0. The Bertz CT molecular complexity index is 401. The number of nitrogens with two attached hydrogens (primary N) is 2. The first-order valence-corrected chi connectivity index (χ1v) is 6.19. The van der Waals surface area contributed by atoms with Crippen LogP contribution in [0.3, 0.4) is 0 Å². The molecule has 9 heteroatoms. The first kappa shape index (κ1) is 17.5. The minimum absolute atomic E-state index is 0.143. The van der Waals surface area contributed by atoms with E-state index < -0.39 is 0 Å². The lowest BCUT2D eigenvalue weighted by Crippen LogP contribution is -2.33. The van der Waals surface area contributed by atoms with Crippen molar-refractivity contribution in [3.63, 3.8) is 0 Å². The minimum Gasteiger partial charge on any atom is -0.369 e.